The standard InChI is InChI=1S/C23H15N3/c1-2-11-25-21(3-1)19-7-5-17-8-9-22(26-23(17)14-19)18-6-4-16-10-12-24-15-20(16)13-18/h1-15H. The summed E-state index contributed by atoms with van der Waals surface area (Å²) in [5.41, 5.74) is 5.05. The van der Waals surface area contributed by atoms with Crippen LogP contribution in [0.1, 0.15) is 0 Å². The summed E-state index contributed by atoms with van der Waals surface area (Å²) in [6.45, 7) is 0. The molecular formula is C23H15N3. The van der Waals surface area contributed by atoms with Crippen LogP contribution in [-0.4, -0.2) is 15.0 Å². The SMILES string of the molecule is c1ccc(-c2ccc3ccc(-c4ccc5ccncc5c4)nc3c2)nc1. The summed E-state index contributed by atoms with van der Waals surface area (Å²) in [6, 6.07) is 24.8. The van der Waals surface area contributed by atoms with Gasteiger partial charge in [0.05, 0.1) is 16.9 Å². The predicted octanol–water partition coefficient (Wildman–Crippen LogP) is 5.51. The number of hydrogen-bond donors (Lipinski definition) is 0. The molecule has 0 unspecified atom stereocenters. The normalized spacial score (nSPS) is 11.1. The highest BCUT2D eigenvalue weighted by Gasteiger charge is 2.05. The van der Waals surface area contributed by atoms with E-state index in [-0.39, 0.29) is 0 Å². The lowest BCUT2D eigenvalue weighted by molar-refractivity contribution is 1.32. The van der Waals surface area contributed by atoms with Gasteiger partial charge in [-0.15, -0.1) is 0 Å². The summed E-state index contributed by atoms with van der Waals surface area (Å²) in [4.78, 5) is 13.5. The Kier molecular flexibility index (Phi) is 3.42. The predicted molar refractivity (Wildman–Crippen MR) is 106 cm³/mol. The summed E-state index contributed by atoms with van der Waals surface area (Å²) in [5.74, 6) is 0. The van der Waals surface area contributed by atoms with Crippen molar-refractivity contribution in [1.29, 1.82) is 0 Å². The first-order chi connectivity index (χ1) is 12.9. The minimum Gasteiger partial charge on any atom is -0.264 e. The van der Waals surface area contributed by atoms with E-state index in [1.165, 1.54) is 5.39 Å². The van der Waals surface area contributed by atoms with Gasteiger partial charge in [-0.1, -0.05) is 36.4 Å². The van der Waals surface area contributed by atoms with Crippen LogP contribution < -0.4 is 0 Å². The van der Waals surface area contributed by atoms with Gasteiger partial charge in [-0.25, -0.2) is 4.98 Å². The van der Waals surface area contributed by atoms with Gasteiger partial charge in [0.1, 0.15) is 0 Å². The minimum atomic E-state index is 0.957. The summed E-state index contributed by atoms with van der Waals surface area (Å²) in [7, 11) is 0. The van der Waals surface area contributed by atoms with Gasteiger partial charge in [0.2, 0.25) is 0 Å². The van der Waals surface area contributed by atoms with E-state index in [9.17, 15) is 0 Å². The number of pyridine rings is 3. The van der Waals surface area contributed by atoms with E-state index in [4.69, 9.17) is 4.98 Å². The molecule has 0 aliphatic carbocycles. The topological polar surface area (TPSA) is 38.7 Å². The largest absolute Gasteiger partial charge is 0.264 e. The Balaban J connectivity index is 1.63. The second-order valence-corrected chi connectivity index (χ2v) is 6.26. The molecule has 0 radical (unpaired) electrons. The van der Waals surface area contributed by atoms with Crippen molar-refractivity contribution in [3.63, 3.8) is 0 Å². The first kappa shape index (κ1) is 14.7. The van der Waals surface area contributed by atoms with Crippen molar-refractivity contribution in [2.24, 2.45) is 0 Å². The third kappa shape index (κ3) is 2.60. The fraction of sp³-hybridized carbons (Fsp3) is 0. The molecule has 0 atom stereocenters. The van der Waals surface area contributed by atoms with Crippen molar-refractivity contribution in [3.05, 3.63) is 91.4 Å². The van der Waals surface area contributed by atoms with Crippen molar-refractivity contribution < 1.29 is 0 Å². The molecule has 0 amide bonds. The minimum absolute atomic E-state index is 0.957. The van der Waals surface area contributed by atoms with Crippen LogP contribution in [-0.2, 0) is 0 Å². The van der Waals surface area contributed by atoms with Crippen LogP contribution in [0.25, 0.3) is 44.2 Å². The number of rotatable bonds is 2. The van der Waals surface area contributed by atoms with Gasteiger partial charge in [0, 0.05) is 40.5 Å². The Morgan fingerprint density at radius 3 is 2.31 bits per heavy atom. The maximum Gasteiger partial charge on any atom is 0.0716 e. The first-order valence-electron chi connectivity index (χ1n) is 8.53. The van der Waals surface area contributed by atoms with Crippen molar-refractivity contribution in [3.8, 4) is 22.5 Å². The average Bonchev–Trinajstić information content (AvgIpc) is 2.73. The quantitative estimate of drug-likeness (QED) is 0.427. The van der Waals surface area contributed by atoms with E-state index in [0.29, 0.717) is 0 Å². The maximum absolute atomic E-state index is 4.89. The number of hydrogen-bond acceptors (Lipinski definition) is 3. The van der Waals surface area contributed by atoms with Crippen molar-refractivity contribution >= 4 is 21.7 Å². The third-order valence-corrected chi connectivity index (χ3v) is 4.59. The van der Waals surface area contributed by atoms with E-state index >= 15 is 0 Å². The van der Waals surface area contributed by atoms with E-state index in [0.717, 1.165) is 38.8 Å². The number of benzene rings is 2. The number of fused-ring (bicyclic) bond motifs is 2. The molecule has 0 aliphatic heterocycles. The molecule has 5 rings (SSSR count). The molecule has 5 aromatic rings. The molecule has 0 spiro atoms. The monoisotopic (exact) mass is 333 g/mol. The molecule has 3 nitrogen and oxygen atoms in total. The molecule has 26 heavy (non-hydrogen) atoms. The first-order valence-corrected chi connectivity index (χ1v) is 8.53. The molecule has 0 saturated carbocycles. The fourth-order valence-electron chi connectivity index (χ4n) is 3.22. The molecule has 0 saturated heterocycles. The molecule has 3 aromatic heterocycles. The summed E-state index contributed by atoms with van der Waals surface area (Å²) in [6.07, 6.45) is 5.51. The Labute approximate surface area is 151 Å². The van der Waals surface area contributed by atoms with E-state index < -0.39 is 0 Å². The second kappa shape index (κ2) is 6.05. The van der Waals surface area contributed by atoms with Gasteiger partial charge in [-0.3, -0.25) is 9.97 Å². The van der Waals surface area contributed by atoms with Gasteiger partial charge in [0.25, 0.3) is 0 Å². The highest BCUT2D eigenvalue weighted by molar-refractivity contribution is 5.89. The van der Waals surface area contributed by atoms with Gasteiger partial charge < -0.3 is 0 Å². The smallest absolute Gasteiger partial charge is 0.0716 e. The van der Waals surface area contributed by atoms with Crippen LogP contribution in [0.15, 0.2) is 91.4 Å². The second-order valence-electron chi connectivity index (χ2n) is 6.26. The summed E-state index contributed by atoms with van der Waals surface area (Å²) in [5, 5.41) is 3.42. The molecule has 3 heterocycles. The fourth-order valence-corrected chi connectivity index (χ4v) is 3.22. The Morgan fingerprint density at radius 2 is 1.42 bits per heavy atom. The zero-order valence-electron chi connectivity index (χ0n) is 14.0. The van der Waals surface area contributed by atoms with Gasteiger partial charge >= 0.3 is 0 Å². The van der Waals surface area contributed by atoms with E-state index in [2.05, 4.69) is 58.5 Å². The highest BCUT2D eigenvalue weighted by atomic mass is 14.7. The Morgan fingerprint density at radius 1 is 0.577 bits per heavy atom. The molecule has 122 valence electrons. The lowest BCUT2D eigenvalue weighted by atomic mass is 10.0. The highest BCUT2D eigenvalue weighted by Crippen LogP contribution is 2.27. The lowest BCUT2D eigenvalue weighted by Gasteiger charge is -2.07. The van der Waals surface area contributed by atoms with Gasteiger partial charge in [-0.2, -0.15) is 0 Å². The van der Waals surface area contributed by atoms with E-state index in [1.807, 2.05) is 42.9 Å². The zero-order valence-corrected chi connectivity index (χ0v) is 14.0. The van der Waals surface area contributed by atoms with Crippen LogP contribution in [0.5, 0.6) is 0 Å². The molecule has 0 fully saturated rings. The Hall–Kier alpha value is -3.59. The van der Waals surface area contributed by atoms with Gasteiger partial charge in [-0.05, 0) is 41.8 Å². The number of nitrogens with zero attached hydrogens (tertiary/aromatic N) is 3. The van der Waals surface area contributed by atoms with E-state index in [1.54, 1.807) is 0 Å². The third-order valence-electron chi connectivity index (χ3n) is 4.59. The molecule has 0 bridgehead atoms. The molecule has 0 N–H and O–H groups in total. The molecular weight excluding hydrogens is 318 g/mol. The molecule has 2 aromatic carbocycles. The molecule has 0 aliphatic rings. The summed E-state index contributed by atoms with van der Waals surface area (Å²) >= 11 is 0. The van der Waals surface area contributed by atoms with Crippen LogP contribution in [0.3, 0.4) is 0 Å². The zero-order chi connectivity index (χ0) is 17.3. The van der Waals surface area contributed by atoms with Crippen LogP contribution in [0, 0.1) is 0 Å². The summed E-state index contributed by atoms with van der Waals surface area (Å²) < 4.78 is 0. The van der Waals surface area contributed by atoms with Crippen molar-refractivity contribution in [1.82, 2.24) is 15.0 Å². The van der Waals surface area contributed by atoms with Crippen LogP contribution in [0.4, 0.5) is 0 Å². The Bertz CT molecular complexity index is 1230. The average molecular weight is 333 g/mol. The van der Waals surface area contributed by atoms with Crippen LogP contribution >= 0.6 is 0 Å². The van der Waals surface area contributed by atoms with Crippen molar-refractivity contribution in [2.45, 2.75) is 0 Å². The number of aromatic nitrogens is 3. The van der Waals surface area contributed by atoms with Crippen molar-refractivity contribution in [2.75, 3.05) is 0 Å². The lowest BCUT2D eigenvalue weighted by Crippen LogP contribution is -1.88. The maximum atomic E-state index is 4.89. The van der Waals surface area contributed by atoms with Gasteiger partial charge in [0.15, 0.2) is 0 Å². The van der Waals surface area contributed by atoms with Crippen LogP contribution in [0.2, 0.25) is 0 Å². The molecule has 3 heteroatoms.